The number of urea groups is 1. The van der Waals surface area contributed by atoms with Crippen molar-refractivity contribution >= 4 is 17.8 Å². The lowest BCUT2D eigenvalue weighted by molar-refractivity contribution is 0.0358. The van der Waals surface area contributed by atoms with Gasteiger partial charge in [0.2, 0.25) is 0 Å². The molecule has 3 amide bonds. The number of benzene rings is 1. The van der Waals surface area contributed by atoms with Gasteiger partial charge in [0.25, 0.3) is 5.91 Å². The molecule has 1 aromatic heterocycles. The monoisotopic (exact) mass is 387 g/mol. The first-order valence-corrected chi connectivity index (χ1v) is 9.16. The first-order chi connectivity index (χ1) is 13.5. The molecule has 1 fully saturated rings. The maximum absolute atomic E-state index is 11.7. The highest BCUT2D eigenvalue weighted by Crippen LogP contribution is 2.32. The van der Waals surface area contributed by atoms with E-state index in [2.05, 4.69) is 15.2 Å². The number of rotatable bonds is 8. The Kier molecular flexibility index (Phi) is 6.51. The molecule has 9 nitrogen and oxygen atoms in total. The Bertz CT molecular complexity index is 829. The van der Waals surface area contributed by atoms with Gasteiger partial charge in [-0.25, -0.2) is 4.79 Å². The number of aromatic amines is 1. The number of para-hydroxylation sites is 1. The molecule has 150 valence electrons. The number of amides is 3. The zero-order valence-electron chi connectivity index (χ0n) is 15.6. The van der Waals surface area contributed by atoms with E-state index in [9.17, 15) is 9.59 Å². The van der Waals surface area contributed by atoms with E-state index >= 15 is 0 Å². The summed E-state index contributed by atoms with van der Waals surface area (Å²) >= 11 is 0. The zero-order chi connectivity index (χ0) is 19.9. The first kappa shape index (κ1) is 19.7. The van der Waals surface area contributed by atoms with Gasteiger partial charge in [0.05, 0.1) is 31.1 Å². The fraction of sp³-hybridized carbons (Fsp3) is 0.368. The van der Waals surface area contributed by atoms with Crippen LogP contribution >= 0.6 is 0 Å². The predicted molar refractivity (Wildman–Crippen MR) is 105 cm³/mol. The first-order valence-electron chi connectivity index (χ1n) is 9.16. The van der Waals surface area contributed by atoms with Gasteiger partial charge in [-0.15, -0.1) is 0 Å². The molecule has 0 spiro atoms. The number of carbonyl (C=O) groups excluding carboxylic acids is 2. The third kappa shape index (κ3) is 5.02. The standard InChI is InChI=1S/C19H25N5O4/c20-17(25)14-12-15(22-18(14)23-19(21)26)13-4-1-2-5-16(13)28-9-3-6-24-7-10-27-11-8-24/h1-2,4-5,12,22H,3,6-11H2,(H2,20,25)(H3,21,23,26). The average Bonchev–Trinajstić information content (AvgIpc) is 3.09. The van der Waals surface area contributed by atoms with E-state index in [0.29, 0.717) is 18.1 Å². The lowest BCUT2D eigenvalue weighted by Crippen LogP contribution is -2.37. The summed E-state index contributed by atoms with van der Waals surface area (Å²) in [6.07, 6.45) is 0.889. The molecule has 3 rings (SSSR count). The smallest absolute Gasteiger partial charge is 0.317 e. The van der Waals surface area contributed by atoms with Gasteiger partial charge in [-0.1, -0.05) is 12.1 Å². The summed E-state index contributed by atoms with van der Waals surface area (Å²) in [5.74, 6) is 0.166. The van der Waals surface area contributed by atoms with Crippen LogP contribution in [0.3, 0.4) is 0 Å². The molecular formula is C19H25N5O4. The van der Waals surface area contributed by atoms with Gasteiger partial charge >= 0.3 is 6.03 Å². The summed E-state index contributed by atoms with van der Waals surface area (Å²) in [7, 11) is 0. The van der Waals surface area contributed by atoms with Gasteiger partial charge in [-0.3, -0.25) is 15.0 Å². The van der Waals surface area contributed by atoms with E-state index in [1.807, 2.05) is 24.3 Å². The molecule has 6 N–H and O–H groups in total. The Balaban J connectivity index is 1.69. The van der Waals surface area contributed by atoms with Crippen LogP contribution in [0.4, 0.5) is 10.6 Å². The van der Waals surface area contributed by atoms with E-state index < -0.39 is 11.9 Å². The van der Waals surface area contributed by atoms with Gasteiger partial charge in [0, 0.05) is 25.2 Å². The minimum absolute atomic E-state index is 0.149. The van der Waals surface area contributed by atoms with E-state index in [4.69, 9.17) is 20.9 Å². The van der Waals surface area contributed by atoms with Gasteiger partial charge in [0.15, 0.2) is 0 Å². The molecule has 0 unspecified atom stereocenters. The number of hydrogen-bond donors (Lipinski definition) is 4. The molecule has 0 atom stereocenters. The number of nitrogens with one attached hydrogen (secondary N) is 2. The molecule has 1 aromatic carbocycles. The summed E-state index contributed by atoms with van der Waals surface area (Å²) in [4.78, 5) is 28.2. The molecule has 28 heavy (non-hydrogen) atoms. The minimum Gasteiger partial charge on any atom is -0.493 e. The van der Waals surface area contributed by atoms with Gasteiger partial charge in [-0.2, -0.15) is 0 Å². The topological polar surface area (TPSA) is 136 Å². The van der Waals surface area contributed by atoms with Crippen molar-refractivity contribution in [1.29, 1.82) is 0 Å². The number of nitrogens with two attached hydrogens (primary N) is 2. The molecule has 0 saturated carbocycles. The van der Waals surface area contributed by atoms with Crippen molar-refractivity contribution in [2.45, 2.75) is 6.42 Å². The zero-order valence-corrected chi connectivity index (χ0v) is 15.6. The number of nitrogens with zero attached hydrogens (tertiary/aromatic N) is 1. The van der Waals surface area contributed by atoms with Crippen molar-refractivity contribution in [2.75, 3.05) is 44.8 Å². The highest BCUT2D eigenvalue weighted by atomic mass is 16.5. The molecule has 0 radical (unpaired) electrons. The third-order valence-corrected chi connectivity index (χ3v) is 4.49. The molecule has 1 aliphatic heterocycles. The Morgan fingerprint density at radius 2 is 1.96 bits per heavy atom. The van der Waals surface area contributed by atoms with Crippen molar-refractivity contribution < 1.29 is 19.1 Å². The number of carbonyl (C=O) groups is 2. The number of anilines is 1. The summed E-state index contributed by atoms with van der Waals surface area (Å²) < 4.78 is 11.3. The fourth-order valence-corrected chi connectivity index (χ4v) is 3.13. The number of H-pyrrole nitrogens is 1. The summed E-state index contributed by atoms with van der Waals surface area (Å²) in [6.45, 7) is 4.96. The van der Waals surface area contributed by atoms with Crippen LogP contribution in [0, 0.1) is 0 Å². The molecule has 9 heteroatoms. The van der Waals surface area contributed by atoms with Crippen LogP contribution in [-0.2, 0) is 4.74 Å². The lowest BCUT2D eigenvalue weighted by Gasteiger charge is -2.26. The van der Waals surface area contributed by atoms with Crippen molar-refractivity contribution in [3.63, 3.8) is 0 Å². The fourth-order valence-electron chi connectivity index (χ4n) is 3.13. The second kappa shape index (κ2) is 9.25. The highest BCUT2D eigenvalue weighted by Gasteiger charge is 2.17. The maximum atomic E-state index is 11.7. The van der Waals surface area contributed by atoms with E-state index in [1.54, 1.807) is 6.07 Å². The van der Waals surface area contributed by atoms with Crippen molar-refractivity contribution in [2.24, 2.45) is 11.5 Å². The van der Waals surface area contributed by atoms with Crippen LogP contribution in [0.15, 0.2) is 30.3 Å². The van der Waals surface area contributed by atoms with E-state index in [0.717, 1.165) is 44.8 Å². The summed E-state index contributed by atoms with van der Waals surface area (Å²) in [6, 6.07) is 8.24. The molecule has 0 aliphatic carbocycles. The second-order valence-electron chi connectivity index (χ2n) is 6.48. The van der Waals surface area contributed by atoms with Crippen LogP contribution in [0.2, 0.25) is 0 Å². The summed E-state index contributed by atoms with van der Waals surface area (Å²) in [5, 5.41) is 2.38. The lowest BCUT2D eigenvalue weighted by atomic mass is 10.1. The highest BCUT2D eigenvalue weighted by molar-refractivity contribution is 6.03. The quantitative estimate of drug-likeness (QED) is 0.507. The van der Waals surface area contributed by atoms with Crippen LogP contribution < -0.4 is 21.5 Å². The second-order valence-corrected chi connectivity index (χ2v) is 6.48. The van der Waals surface area contributed by atoms with Gasteiger partial charge < -0.3 is 25.9 Å². The Hall–Kier alpha value is -3.04. The van der Waals surface area contributed by atoms with Crippen LogP contribution in [0.5, 0.6) is 5.75 Å². The predicted octanol–water partition coefficient (Wildman–Crippen LogP) is 1.37. The maximum Gasteiger partial charge on any atom is 0.317 e. The Morgan fingerprint density at radius 3 is 2.68 bits per heavy atom. The van der Waals surface area contributed by atoms with Gasteiger partial charge in [-0.05, 0) is 24.6 Å². The molecule has 1 saturated heterocycles. The van der Waals surface area contributed by atoms with Gasteiger partial charge in [0.1, 0.15) is 11.6 Å². The van der Waals surface area contributed by atoms with E-state index in [-0.39, 0.29) is 11.4 Å². The van der Waals surface area contributed by atoms with E-state index in [1.165, 1.54) is 0 Å². The van der Waals surface area contributed by atoms with Crippen LogP contribution in [-0.4, -0.2) is 61.3 Å². The number of aromatic nitrogens is 1. The molecule has 0 bridgehead atoms. The Morgan fingerprint density at radius 1 is 1.21 bits per heavy atom. The van der Waals surface area contributed by atoms with Crippen molar-refractivity contribution in [3.8, 4) is 17.0 Å². The largest absolute Gasteiger partial charge is 0.493 e. The van der Waals surface area contributed by atoms with Crippen LogP contribution in [0.25, 0.3) is 11.3 Å². The Labute approximate surface area is 163 Å². The van der Waals surface area contributed by atoms with Crippen LogP contribution in [0.1, 0.15) is 16.8 Å². The van der Waals surface area contributed by atoms with Crippen molar-refractivity contribution in [1.82, 2.24) is 9.88 Å². The number of primary amides is 2. The number of morpholine rings is 1. The SMILES string of the molecule is NC(=O)Nc1[nH]c(-c2ccccc2OCCCN2CCOCC2)cc1C(N)=O. The summed E-state index contributed by atoms with van der Waals surface area (Å²) in [5.41, 5.74) is 12.1. The molecule has 1 aliphatic rings. The minimum atomic E-state index is -0.788. The number of ether oxygens (including phenoxy) is 2. The molecule has 2 heterocycles. The molecule has 2 aromatic rings. The van der Waals surface area contributed by atoms with Crippen molar-refractivity contribution in [3.05, 3.63) is 35.9 Å². The number of hydrogen-bond acceptors (Lipinski definition) is 5. The normalized spacial score (nSPS) is 14.6. The average molecular weight is 387 g/mol. The third-order valence-electron chi connectivity index (χ3n) is 4.49. The molecular weight excluding hydrogens is 362 g/mol.